The molecule has 0 spiro atoms. The number of methoxy groups -OCH3 is 1. The fourth-order valence-electron chi connectivity index (χ4n) is 3.42. The summed E-state index contributed by atoms with van der Waals surface area (Å²) < 4.78 is 48.5. The van der Waals surface area contributed by atoms with E-state index in [1.807, 2.05) is 6.92 Å². The summed E-state index contributed by atoms with van der Waals surface area (Å²) in [7, 11) is -2.13. The lowest BCUT2D eigenvalue weighted by molar-refractivity contribution is 0.192. The Morgan fingerprint density at radius 1 is 1.12 bits per heavy atom. The number of nitrogens with zero attached hydrogens (tertiary/aromatic N) is 2. The van der Waals surface area contributed by atoms with Crippen molar-refractivity contribution in [3.8, 4) is 17.4 Å². The van der Waals surface area contributed by atoms with Gasteiger partial charge in [0.1, 0.15) is 23.9 Å². The highest BCUT2D eigenvalue weighted by Gasteiger charge is 2.33. The maximum atomic E-state index is 13.0. The molecule has 0 fully saturated rings. The van der Waals surface area contributed by atoms with Gasteiger partial charge in [-0.3, -0.25) is 0 Å². The van der Waals surface area contributed by atoms with Crippen LogP contribution in [0.25, 0.3) is 0 Å². The molecule has 2 heterocycles. The number of nitrogens with one attached hydrogen (secondary N) is 1. The first-order chi connectivity index (χ1) is 16.4. The molecule has 4 rings (SSSR count). The molecule has 1 amide bonds. The highest BCUT2D eigenvalue weighted by molar-refractivity contribution is 7.89. The van der Waals surface area contributed by atoms with Gasteiger partial charge in [-0.2, -0.15) is 4.31 Å². The van der Waals surface area contributed by atoms with Crippen molar-refractivity contribution < 1.29 is 31.9 Å². The Hall–Kier alpha value is -3.57. The van der Waals surface area contributed by atoms with Crippen LogP contribution in [0.5, 0.6) is 17.4 Å². The topological polar surface area (TPSA) is 120 Å². The molecular formula is C23H25N3O7S. The average Bonchev–Trinajstić information content (AvgIpc) is 3.24. The van der Waals surface area contributed by atoms with Gasteiger partial charge < -0.3 is 24.1 Å². The van der Waals surface area contributed by atoms with Crippen molar-refractivity contribution in [3.05, 3.63) is 65.4 Å². The number of hydrogen-bond acceptors (Lipinski definition) is 8. The molecule has 1 N–H and O–H groups in total. The van der Waals surface area contributed by atoms with Gasteiger partial charge in [-0.25, -0.2) is 13.2 Å². The Morgan fingerprint density at radius 2 is 1.82 bits per heavy atom. The zero-order chi connectivity index (χ0) is 24.1. The van der Waals surface area contributed by atoms with E-state index in [9.17, 15) is 13.2 Å². The van der Waals surface area contributed by atoms with Gasteiger partial charge in [-0.15, -0.1) is 0 Å². The number of carbonyl (C=O) groups is 1. The number of aromatic nitrogens is 1. The average molecular weight is 488 g/mol. The van der Waals surface area contributed by atoms with Crippen LogP contribution in [0.1, 0.15) is 16.9 Å². The maximum Gasteiger partial charge on any atom is 0.414 e. The van der Waals surface area contributed by atoms with Gasteiger partial charge >= 0.3 is 6.09 Å². The number of ether oxygens (including phenoxy) is 3. The lowest BCUT2D eigenvalue weighted by Crippen LogP contribution is -2.36. The van der Waals surface area contributed by atoms with Crippen LogP contribution in [0.2, 0.25) is 0 Å². The molecule has 0 aliphatic carbocycles. The Morgan fingerprint density at radius 3 is 2.53 bits per heavy atom. The summed E-state index contributed by atoms with van der Waals surface area (Å²) in [4.78, 5) is 12.4. The van der Waals surface area contributed by atoms with E-state index in [0.717, 1.165) is 11.3 Å². The van der Waals surface area contributed by atoms with Gasteiger partial charge in [0.2, 0.25) is 10.0 Å². The molecule has 11 heteroatoms. The first kappa shape index (κ1) is 23.6. The molecule has 0 unspecified atom stereocenters. The predicted octanol–water partition coefficient (Wildman–Crippen LogP) is 2.91. The Kier molecular flexibility index (Phi) is 7.03. The van der Waals surface area contributed by atoms with Gasteiger partial charge in [0.15, 0.2) is 0 Å². The molecule has 1 aliphatic rings. The fraction of sp³-hybridized carbons (Fsp3) is 0.304. The van der Waals surface area contributed by atoms with Crippen LogP contribution in [0, 0.1) is 6.92 Å². The Bertz CT molecular complexity index is 1240. The van der Waals surface area contributed by atoms with Crippen molar-refractivity contribution in [3.63, 3.8) is 0 Å². The fourth-order valence-corrected chi connectivity index (χ4v) is 4.83. The minimum Gasteiger partial charge on any atom is -0.497 e. The monoisotopic (exact) mass is 487 g/mol. The summed E-state index contributed by atoms with van der Waals surface area (Å²) in [6.07, 6.45) is -0.415. The van der Waals surface area contributed by atoms with E-state index in [0.29, 0.717) is 23.5 Å². The highest BCUT2D eigenvalue weighted by Crippen LogP contribution is 2.31. The number of rotatable bonds is 8. The van der Waals surface area contributed by atoms with Crippen molar-refractivity contribution in [1.82, 2.24) is 14.8 Å². The van der Waals surface area contributed by atoms with Crippen LogP contribution in [-0.4, -0.2) is 50.8 Å². The SMILES string of the molecule is COc1ccc(OCCNC(=O)Oc2noc3c2CN(S(=O)(=O)c2ccc(C)cc2)CC3)cc1. The summed E-state index contributed by atoms with van der Waals surface area (Å²) in [5, 5.41) is 6.38. The van der Waals surface area contributed by atoms with Gasteiger partial charge in [-0.05, 0) is 48.5 Å². The third-order valence-electron chi connectivity index (χ3n) is 5.30. The normalized spacial score (nSPS) is 13.7. The number of sulfonamides is 1. The molecule has 180 valence electrons. The zero-order valence-electron chi connectivity index (χ0n) is 18.8. The van der Waals surface area contributed by atoms with Crippen LogP contribution < -0.4 is 19.5 Å². The van der Waals surface area contributed by atoms with Crippen molar-refractivity contribution in [2.75, 3.05) is 26.8 Å². The standard InChI is InChI=1S/C23H25N3O7S/c1-16-3-9-19(10-4-16)34(28,29)26-13-11-21-20(15-26)22(25-33-21)32-23(27)24-12-14-31-18-7-5-17(30-2)6-8-18/h3-10H,11-15H2,1-2H3,(H,24,27). The molecule has 1 aliphatic heterocycles. The molecule has 34 heavy (non-hydrogen) atoms. The van der Waals surface area contributed by atoms with Crippen molar-refractivity contribution in [2.45, 2.75) is 24.8 Å². The van der Waals surface area contributed by atoms with Crippen LogP contribution in [0.15, 0.2) is 57.9 Å². The third kappa shape index (κ3) is 5.32. The van der Waals surface area contributed by atoms with E-state index >= 15 is 0 Å². The number of hydrogen-bond donors (Lipinski definition) is 1. The largest absolute Gasteiger partial charge is 0.497 e. The van der Waals surface area contributed by atoms with Crippen LogP contribution in [-0.2, 0) is 23.0 Å². The smallest absolute Gasteiger partial charge is 0.414 e. The lowest BCUT2D eigenvalue weighted by Gasteiger charge is -2.25. The van der Waals surface area contributed by atoms with Gasteiger partial charge in [0, 0.05) is 19.5 Å². The third-order valence-corrected chi connectivity index (χ3v) is 7.16. The van der Waals surface area contributed by atoms with E-state index in [2.05, 4.69) is 10.5 Å². The second kappa shape index (κ2) is 10.1. The second-order valence-electron chi connectivity index (χ2n) is 7.63. The molecule has 1 aromatic heterocycles. The molecule has 0 atom stereocenters. The maximum absolute atomic E-state index is 13.0. The summed E-state index contributed by atoms with van der Waals surface area (Å²) in [6, 6.07) is 13.7. The minimum absolute atomic E-state index is 0.00175. The van der Waals surface area contributed by atoms with Crippen LogP contribution >= 0.6 is 0 Å². The van der Waals surface area contributed by atoms with Gasteiger partial charge in [-0.1, -0.05) is 17.7 Å². The van der Waals surface area contributed by atoms with E-state index in [4.69, 9.17) is 18.7 Å². The quantitative estimate of drug-likeness (QED) is 0.482. The van der Waals surface area contributed by atoms with E-state index < -0.39 is 16.1 Å². The van der Waals surface area contributed by atoms with Crippen LogP contribution in [0.4, 0.5) is 4.79 Å². The van der Waals surface area contributed by atoms with Gasteiger partial charge in [0.05, 0.1) is 24.1 Å². The lowest BCUT2D eigenvalue weighted by atomic mass is 10.1. The molecule has 0 saturated heterocycles. The van der Waals surface area contributed by atoms with Crippen molar-refractivity contribution in [1.29, 1.82) is 0 Å². The minimum atomic E-state index is -3.71. The molecule has 0 saturated carbocycles. The first-order valence-electron chi connectivity index (χ1n) is 10.6. The molecule has 0 bridgehead atoms. The van der Waals surface area contributed by atoms with Crippen molar-refractivity contribution in [2.24, 2.45) is 0 Å². The van der Waals surface area contributed by atoms with Crippen LogP contribution in [0.3, 0.4) is 0 Å². The molecule has 3 aromatic rings. The number of benzene rings is 2. The Labute approximate surface area is 197 Å². The van der Waals surface area contributed by atoms with E-state index in [1.165, 1.54) is 4.31 Å². The number of fused-ring (bicyclic) bond motifs is 1. The van der Waals surface area contributed by atoms with E-state index in [-0.39, 0.29) is 37.0 Å². The predicted molar refractivity (Wildman–Crippen MR) is 121 cm³/mol. The summed E-state index contributed by atoms with van der Waals surface area (Å²) in [6.45, 7) is 2.55. The second-order valence-corrected chi connectivity index (χ2v) is 9.57. The number of amides is 1. The summed E-state index contributed by atoms with van der Waals surface area (Å²) in [5.41, 5.74) is 1.40. The zero-order valence-corrected chi connectivity index (χ0v) is 19.6. The summed E-state index contributed by atoms with van der Waals surface area (Å²) in [5.74, 6) is 1.81. The van der Waals surface area contributed by atoms with E-state index in [1.54, 1.807) is 55.6 Å². The van der Waals surface area contributed by atoms with Crippen molar-refractivity contribution >= 4 is 16.1 Å². The molecule has 2 aromatic carbocycles. The summed E-state index contributed by atoms with van der Waals surface area (Å²) >= 11 is 0. The molecular weight excluding hydrogens is 462 g/mol. The number of carbonyl (C=O) groups excluding carboxylic acids is 1. The van der Waals surface area contributed by atoms with Gasteiger partial charge in [0.25, 0.3) is 5.88 Å². The number of aryl methyl sites for hydroxylation is 1. The molecule has 10 nitrogen and oxygen atoms in total. The molecule has 0 radical (unpaired) electrons. The first-order valence-corrected chi connectivity index (χ1v) is 12.1. The highest BCUT2D eigenvalue weighted by atomic mass is 32.2. The Balaban J connectivity index is 1.32.